The summed E-state index contributed by atoms with van der Waals surface area (Å²) in [7, 11) is 1.27. The van der Waals surface area contributed by atoms with Crippen LogP contribution in [0.4, 0.5) is 5.69 Å². The lowest BCUT2D eigenvalue weighted by Crippen LogP contribution is -2.21. The van der Waals surface area contributed by atoms with E-state index in [0.29, 0.717) is 11.3 Å². The van der Waals surface area contributed by atoms with Gasteiger partial charge in [-0.1, -0.05) is 11.6 Å². The lowest BCUT2D eigenvalue weighted by molar-refractivity contribution is -0.119. The van der Waals surface area contributed by atoms with E-state index in [9.17, 15) is 19.5 Å². The number of aromatic hydroxyl groups is 1. The van der Waals surface area contributed by atoms with Crippen molar-refractivity contribution < 1.29 is 29.0 Å². The molecule has 0 aliphatic heterocycles. The number of carbonyl (C=O) groups excluding carboxylic acids is 3. The Labute approximate surface area is 148 Å². The van der Waals surface area contributed by atoms with Crippen molar-refractivity contribution in [2.45, 2.75) is 0 Å². The van der Waals surface area contributed by atoms with Crippen LogP contribution in [-0.2, 0) is 14.3 Å². The standard InChI is InChI=1S/C17H14ClNO6/c1-24-16(22)10-2-5-12(6-3-10)19-15(21)9-25-17(23)13-7-4-11(18)8-14(13)20/h2-8,20H,9H2,1H3,(H,19,21). The van der Waals surface area contributed by atoms with Gasteiger partial charge in [0.15, 0.2) is 6.61 Å². The van der Waals surface area contributed by atoms with Crippen LogP contribution in [-0.4, -0.2) is 36.7 Å². The third kappa shape index (κ3) is 4.95. The number of ether oxygens (including phenoxy) is 2. The van der Waals surface area contributed by atoms with Crippen molar-refractivity contribution in [2.75, 3.05) is 19.0 Å². The zero-order chi connectivity index (χ0) is 18.4. The van der Waals surface area contributed by atoms with E-state index >= 15 is 0 Å². The molecule has 0 spiro atoms. The summed E-state index contributed by atoms with van der Waals surface area (Å²) in [6.07, 6.45) is 0. The van der Waals surface area contributed by atoms with Gasteiger partial charge in [0, 0.05) is 10.7 Å². The van der Waals surface area contributed by atoms with Crippen molar-refractivity contribution in [1.82, 2.24) is 0 Å². The number of phenols is 1. The fourth-order valence-electron chi connectivity index (χ4n) is 1.89. The third-order valence-electron chi connectivity index (χ3n) is 3.10. The van der Waals surface area contributed by atoms with Crippen molar-refractivity contribution >= 4 is 35.1 Å². The summed E-state index contributed by atoms with van der Waals surface area (Å²) in [6.45, 7) is -0.542. The van der Waals surface area contributed by atoms with E-state index in [2.05, 4.69) is 10.1 Å². The Hall–Kier alpha value is -3.06. The SMILES string of the molecule is COC(=O)c1ccc(NC(=O)COC(=O)c2ccc(Cl)cc2O)cc1. The Morgan fingerprint density at radius 2 is 1.76 bits per heavy atom. The summed E-state index contributed by atoms with van der Waals surface area (Å²) in [6, 6.07) is 9.90. The van der Waals surface area contributed by atoms with Gasteiger partial charge in [0.1, 0.15) is 11.3 Å². The van der Waals surface area contributed by atoms with Crippen molar-refractivity contribution in [3.8, 4) is 5.75 Å². The Morgan fingerprint density at radius 1 is 1.08 bits per heavy atom. The van der Waals surface area contributed by atoms with E-state index < -0.39 is 24.5 Å². The van der Waals surface area contributed by atoms with Gasteiger partial charge in [0.25, 0.3) is 5.91 Å². The average Bonchev–Trinajstić information content (AvgIpc) is 2.59. The monoisotopic (exact) mass is 363 g/mol. The minimum absolute atomic E-state index is 0.0976. The maximum absolute atomic E-state index is 11.8. The van der Waals surface area contributed by atoms with E-state index in [1.807, 2.05) is 0 Å². The molecule has 0 bridgehead atoms. The molecule has 2 aromatic rings. The number of hydrogen-bond donors (Lipinski definition) is 2. The zero-order valence-electron chi connectivity index (χ0n) is 13.1. The van der Waals surface area contributed by atoms with Gasteiger partial charge in [-0.2, -0.15) is 0 Å². The molecule has 0 unspecified atom stereocenters. The number of halogens is 1. The Morgan fingerprint density at radius 3 is 2.36 bits per heavy atom. The summed E-state index contributed by atoms with van der Waals surface area (Å²) >= 11 is 5.67. The highest BCUT2D eigenvalue weighted by atomic mass is 35.5. The first-order valence-electron chi connectivity index (χ1n) is 7.04. The summed E-state index contributed by atoms with van der Waals surface area (Å²) in [5, 5.41) is 12.4. The molecule has 0 saturated carbocycles. The highest BCUT2D eigenvalue weighted by molar-refractivity contribution is 6.30. The number of amides is 1. The first kappa shape index (κ1) is 18.3. The van der Waals surface area contributed by atoms with Gasteiger partial charge in [-0.3, -0.25) is 4.79 Å². The highest BCUT2D eigenvalue weighted by Crippen LogP contribution is 2.22. The molecular weight excluding hydrogens is 350 g/mol. The quantitative estimate of drug-likeness (QED) is 0.792. The lowest BCUT2D eigenvalue weighted by Gasteiger charge is -2.08. The Kier molecular flexibility index (Phi) is 5.97. The van der Waals surface area contributed by atoms with Crippen LogP contribution in [0.25, 0.3) is 0 Å². The van der Waals surface area contributed by atoms with Crippen LogP contribution in [0.5, 0.6) is 5.75 Å². The molecule has 0 heterocycles. The fourth-order valence-corrected chi connectivity index (χ4v) is 2.06. The second kappa shape index (κ2) is 8.16. The first-order valence-corrected chi connectivity index (χ1v) is 7.42. The van der Waals surface area contributed by atoms with Crippen LogP contribution in [0.3, 0.4) is 0 Å². The maximum atomic E-state index is 11.8. The number of benzene rings is 2. The number of hydrogen-bond acceptors (Lipinski definition) is 6. The molecule has 2 N–H and O–H groups in total. The van der Waals surface area contributed by atoms with E-state index in [-0.39, 0.29) is 16.3 Å². The van der Waals surface area contributed by atoms with Gasteiger partial charge in [0.2, 0.25) is 0 Å². The summed E-state index contributed by atoms with van der Waals surface area (Å²) in [5.74, 6) is -2.26. The molecule has 0 aliphatic carbocycles. The summed E-state index contributed by atoms with van der Waals surface area (Å²) < 4.78 is 9.40. The Bertz CT molecular complexity index is 803. The Balaban J connectivity index is 1.90. The first-order chi connectivity index (χ1) is 11.9. The number of phenolic OH excluding ortho intramolecular Hbond substituents is 1. The number of carbonyl (C=O) groups is 3. The predicted molar refractivity (Wildman–Crippen MR) is 89.8 cm³/mol. The topological polar surface area (TPSA) is 102 Å². The molecule has 7 nitrogen and oxygen atoms in total. The molecule has 2 rings (SSSR count). The van der Waals surface area contributed by atoms with Crippen molar-refractivity contribution in [3.05, 3.63) is 58.6 Å². The molecule has 1 amide bonds. The van der Waals surface area contributed by atoms with E-state index in [4.69, 9.17) is 16.3 Å². The number of rotatable bonds is 5. The molecule has 0 radical (unpaired) electrons. The van der Waals surface area contributed by atoms with Gasteiger partial charge in [0.05, 0.1) is 12.7 Å². The summed E-state index contributed by atoms with van der Waals surface area (Å²) in [4.78, 5) is 34.9. The third-order valence-corrected chi connectivity index (χ3v) is 3.34. The van der Waals surface area contributed by atoms with Gasteiger partial charge in [-0.05, 0) is 42.5 Å². The molecule has 8 heteroatoms. The number of anilines is 1. The summed E-state index contributed by atoms with van der Waals surface area (Å²) in [5.41, 5.74) is 0.660. The van der Waals surface area contributed by atoms with Crippen LogP contribution in [0.15, 0.2) is 42.5 Å². The average molecular weight is 364 g/mol. The molecule has 0 aromatic heterocycles. The van der Waals surface area contributed by atoms with E-state index in [0.717, 1.165) is 0 Å². The normalized spacial score (nSPS) is 10.0. The van der Waals surface area contributed by atoms with Crippen molar-refractivity contribution in [3.63, 3.8) is 0 Å². The second-order valence-corrected chi connectivity index (χ2v) is 5.29. The van der Waals surface area contributed by atoms with Crippen LogP contribution >= 0.6 is 11.6 Å². The van der Waals surface area contributed by atoms with Gasteiger partial charge in [-0.25, -0.2) is 9.59 Å². The number of nitrogens with one attached hydrogen (secondary N) is 1. The van der Waals surface area contributed by atoms with Crippen LogP contribution in [0.1, 0.15) is 20.7 Å². The minimum atomic E-state index is -0.856. The number of methoxy groups -OCH3 is 1. The molecule has 25 heavy (non-hydrogen) atoms. The van der Waals surface area contributed by atoms with E-state index in [1.165, 1.54) is 49.6 Å². The molecule has 0 saturated heterocycles. The van der Waals surface area contributed by atoms with Gasteiger partial charge in [-0.15, -0.1) is 0 Å². The highest BCUT2D eigenvalue weighted by Gasteiger charge is 2.15. The van der Waals surface area contributed by atoms with Gasteiger partial charge < -0.3 is 19.9 Å². The molecule has 0 fully saturated rings. The van der Waals surface area contributed by atoms with Crippen molar-refractivity contribution in [1.29, 1.82) is 0 Å². The van der Waals surface area contributed by atoms with Crippen LogP contribution in [0, 0.1) is 0 Å². The molecule has 0 atom stereocenters. The second-order valence-electron chi connectivity index (χ2n) is 4.85. The van der Waals surface area contributed by atoms with Gasteiger partial charge >= 0.3 is 11.9 Å². The van der Waals surface area contributed by atoms with Crippen LogP contribution in [0.2, 0.25) is 5.02 Å². The maximum Gasteiger partial charge on any atom is 0.342 e. The van der Waals surface area contributed by atoms with Crippen LogP contribution < -0.4 is 5.32 Å². The minimum Gasteiger partial charge on any atom is -0.507 e. The largest absolute Gasteiger partial charge is 0.507 e. The fraction of sp³-hybridized carbons (Fsp3) is 0.118. The van der Waals surface area contributed by atoms with E-state index in [1.54, 1.807) is 0 Å². The smallest absolute Gasteiger partial charge is 0.342 e. The number of esters is 2. The lowest BCUT2D eigenvalue weighted by atomic mass is 10.2. The zero-order valence-corrected chi connectivity index (χ0v) is 13.9. The molecular formula is C17H14ClNO6. The molecule has 130 valence electrons. The predicted octanol–water partition coefficient (Wildman–Crippen LogP) is 2.63. The molecule has 0 aliphatic rings. The van der Waals surface area contributed by atoms with Crippen molar-refractivity contribution in [2.24, 2.45) is 0 Å². The molecule has 2 aromatic carbocycles.